The molecule has 0 aromatic heterocycles. The molecule has 0 saturated carbocycles. The molecule has 7 unspecified atom stereocenters. The first-order valence-electron chi connectivity index (χ1n) is 15.4. The van der Waals surface area contributed by atoms with Gasteiger partial charge in [-0.25, -0.2) is 0 Å². The van der Waals surface area contributed by atoms with Crippen LogP contribution in [-0.2, 0) is 23.9 Å². The van der Waals surface area contributed by atoms with Crippen LogP contribution in [0.1, 0.15) is 130 Å². The third-order valence-electron chi connectivity index (χ3n) is 6.84. The molecule has 0 bridgehead atoms. The number of aliphatic carboxylic acids is 1. The second-order valence-electron chi connectivity index (χ2n) is 11.3. The zero-order valence-electron chi connectivity index (χ0n) is 25.3. The molecule has 0 saturated heterocycles. The van der Waals surface area contributed by atoms with Crippen LogP contribution in [0.3, 0.4) is 0 Å². The van der Waals surface area contributed by atoms with Crippen molar-refractivity contribution >= 4 is 17.9 Å². The lowest BCUT2D eigenvalue weighted by molar-refractivity contribution is -0.155. The van der Waals surface area contributed by atoms with Crippen LogP contribution in [0.2, 0.25) is 0 Å². The summed E-state index contributed by atoms with van der Waals surface area (Å²) >= 11 is 0. The molecule has 0 spiro atoms. The SMILES string of the molecule is CCCCCC(O)CC(O)CC(=O)OC(CCCCC)CC(O)CC(=O)OC(CCCC(C)O)CC(O)CC(=O)O. The molecule has 0 aliphatic heterocycles. The Morgan fingerprint density at radius 1 is 0.561 bits per heavy atom. The third kappa shape index (κ3) is 23.5. The van der Waals surface area contributed by atoms with Crippen molar-refractivity contribution in [1.82, 2.24) is 0 Å². The Balaban J connectivity index is 4.96. The first-order chi connectivity index (χ1) is 19.4. The van der Waals surface area contributed by atoms with E-state index in [9.17, 15) is 39.9 Å². The Bertz CT molecular complexity index is 700. The minimum Gasteiger partial charge on any atom is -0.481 e. The maximum absolute atomic E-state index is 12.6. The van der Waals surface area contributed by atoms with E-state index in [2.05, 4.69) is 6.92 Å². The normalized spacial score (nSPS) is 16.7. The van der Waals surface area contributed by atoms with Crippen LogP contribution in [0, 0.1) is 0 Å². The van der Waals surface area contributed by atoms with Crippen molar-refractivity contribution in [3.8, 4) is 0 Å². The highest BCUT2D eigenvalue weighted by Crippen LogP contribution is 2.19. The van der Waals surface area contributed by atoms with Crippen molar-refractivity contribution in [1.29, 1.82) is 0 Å². The Labute approximate surface area is 245 Å². The summed E-state index contributed by atoms with van der Waals surface area (Å²) in [4.78, 5) is 36.0. The van der Waals surface area contributed by atoms with Gasteiger partial charge in [-0.2, -0.15) is 0 Å². The van der Waals surface area contributed by atoms with Gasteiger partial charge in [0.2, 0.25) is 0 Å². The number of carboxylic acid groups (broad SMARTS) is 1. The standard InChI is InChI=1S/C30H56O11/c1-4-6-8-12-22(32)15-23(33)19-29(38)40-26(13-9-7-5-2)17-25(35)20-30(39)41-27(14-10-11-21(3)31)16-24(34)18-28(36)37/h21-27,31-35H,4-20H2,1-3H3,(H,36,37). The van der Waals surface area contributed by atoms with Crippen molar-refractivity contribution in [2.24, 2.45) is 0 Å². The van der Waals surface area contributed by atoms with Gasteiger partial charge in [0.05, 0.1) is 49.8 Å². The summed E-state index contributed by atoms with van der Waals surface area (Å²) in [6.45, 7) is 5.71. The Hall–Kier alpha value is -1.79. The van der Waals surface area contributed by atoms with E-state index < -0.39 is 67.1 Å². The molecule has 41 heavy (non-hydrogen) atoms. The Morgan fingerprint density at radius 3 is 1.46 bits per heavy atom. The van der Waals surface area contributed by atoms with Gasteiger partial charge in [0.15, 0.2) is 0 Å². The summed E-state index contributed by atoms with van der Waals surface area (Å²) in [7, 11) is 0. The van der Waals surface area contributed by atoms with Gasteiger partial charge in [-0.3, -0.25) is 14.4 Å². The molecule has 0 aromatic rings. The first-order valence-corrected chi connectivity index (χ1v) is 15.4. The molecule has 7 atom stereocenters. The molecule has 0 amide bonds. The molecule has 0 rings (SSSR count). The number of carbonyl (C=O) groups is 3. The average Bonchev–Trinajstić information content (AvgIpc) is 2.82. The molecule has 242 valence electrons. The van der Waals surface area contributed by atoms with Crippen LogP contribution in [0.4, 0.5) is 0 Å². The van der Waals surface area contributed by atoms with Gasteiger partial charge in [-0.05, 0) is 51.9 Å². The minimum absolute atomic E-state index is 0.00533. The van der Waals surface area contributed by atoms with Crippen LogP contribution in [0.5, 0.6) is 0 Å². The molecule has 0 aliphatic rings. The lowest BCUT2D eigenvalue weighted by Gasteiger charge is -2.23. The molecule has 11 heteroatoms. The van der Waals surface area contributed by atoms with E-state index in [1.807, 2.05) is 6.92 Å². The lowest BCUT2D eigenvalue weighted by atomic mass is 10.0. The molecule has 0 aromatic carbocycles. The maximum atomic E-state index is 12.6. The number of esters is 2. The maximum Gasteiger partial charge on any atom is 0.308 e. The highest BCUT2D eigenvalue weighted by Gasteiger charge is 2.26. The van der Waals surface area contributed by atoms with Crippen molar-refractivity contribution in [3.05, 3.63) is 0 Å². The zero-order chi connectivity index (χ0) is 31.2. The van der Waals surface area contributed by atoms with Gasteiger partial charge in [0, 0.05) is 12.8 Å². The average molecular weight is 593 g/mol. The summed E-state index contributed by atoms with van der Waals surface area (Å²) < 4.78 is 11.0. The first kappa shape index (κ1) is 39.2. The minimum atomic E-state index is -1.21. The molecular formula is C30H56O11. The van der Waals surface area contributed by atoms with Crippen LogP contribution >= 0.6 is 0 Å². The summed E-state index contributed by atoms with van der Waals surface area (Å²) in [5.74, 6) is -2.55. The number of unbranched alkanes of at least 4 members (excludes halogenated alkanes) is 4. The number of aliphatic hydroxyl groups is 5. The highest BCUT2D eigenvalue weighted by molar-refractivity contribution is 5.71. The van der Waals surface area contributed by atoms with Gasteiger partial charge in [0.25, 0.3) is 0 Å². The molecule has 0 radical (unpaired) electrons. The summed E-state index contributed by atoms with van der Waals surface area (Å²) in [6.07, 6.45) is 0.439. The molecule has 11 nitrogen and oxygen atoms in total. The van der Waals surface area contributed by atoms with E-state index in [1.54, 1.807) is 6.92 Å². The van der Waals surface area contributed by atoms with E-state index in [0.717, 1.165) is 38.5 Å². The smallest absolute Gasteiger partial charge is 0.308 e. The number of carbonyl (C=O) groups excluding carboxylic acids is 2. The number of rotatable bonds is 26. The number of ether oxygens (including phenoxy) is 2. The summed E-state index contributed by atoms with van der Waals surface area (Å²) in [6, 6.07) is 0. The fraction of sp³-hybridized carbons (Fsp3) is 0.900. The predicted octanol–water partition coefficient (Wildman–Crippen LogP) is 3.39. The number of hydrogen-bond acceptors (Lipinski definition) is 10. The Kier molecular flexibility index (Phi) is 22.7. The van der Waals surface area contributed by atoms with E-state index in [-0.39, 0.29) is 32.1 Å². The van der Waals surface area contributed by atoms with Gasteiger partial charge < -0.3 is 40.1 Å². The topological polar surface area (TPSA) is 191 Å². The molecule has 0 aliphatic carbocycles. The highest BCUT2D eigenvalue weighted by atomic mass is 16.6. The molecular weight excluding hydrogens is 536 g/mol. The summed E-state index contributed by atoms with van der Waals surface area (Å²) in [5, 5.41) is 59.3. The Morgan fingerprint density at radius 2 is 1.00 bits per heavy atom. The third-order valence-corrected chi connectivity index (χ3v) is 6.84. The van der Waals surface area contributed by atoms with E-state index in [4.69, 9.17) is 14.6 Å². The van der Waals surface area contributed by atoms with Gasteiger partial charge in [-0.1, -0.05) is 46.0 Å². The van der Waals surface area contributed by atoms with Crippen LogP contribution in [-0.4, -0.2) is 91.3 Å². The quantitative estimate of drug-likeness (QED) is 0.0637. The second-order valence-corrected chi connectivity index (χ2v) is 11.3. The fourth-order valence-electron chi connectivity index (χ4n) is 4.69. The number of aliphatic hydroxyl groups excluding tert-OH is 5. The van der Waals surface area contributed by atoms with Crippen LogP contribution < -0.4 is 0 Å². The fourth-order valence-corrected chi connectivity index (χ4v) is 4.69. The van der Waals surface area contributed by atoms with Crippen molar-refractivity contribution in [2.75, 3.05) is 0 Å². The van der Waals surface area contributed by atoms with Crippen LogP contribution in [0.25, 0.3) is 0 Å². The zero-order valence-corrected chi connectivity index (χ0v) is 25.3. The predicted molar refractivity (Wildman–Crippen MR) is 153 cm³/mol. The van der Waals surface area contributed by atoms with Crippen molar-refractivity contribution in [3.63, 3.8) is 0 Å². The van der Waals surface area contributed by atoms with Gasteiger partial charge in [0.1, 0.15) is 12.2 Å². The van der Waals surface area contributed by atoms with Crippen LogP contribution in [0.15, 0.2) is 0 Å². The molecule has 0 heterocycles. The van der Waals surface area contributed by atoms with Crippen molar-refractivity contribution in [2.45, 2.75) is 173 Å². The largest absolute Gasteiger partial charge is 0.481 e. The van der Waals surface area contributed by atoms with E-state index in [1.165, 1.54) is 0 Å². The van der Waals surface area contributed by atoms with E-state index in [0.29, 0.717) is 32.1 Å². The number of hydrogen-bond donors (Lipinski definition) is 6. The monoisotopic (exact) mass is 592 g/mol. The number of carboxylic acids is 1. The lowest BCUT2D eigenvalue weighted by Crippen LogP contribution is -2.30. The second kappa shape index (κ2) is 23.7. The van der Waals surface area contributed by atoms with Crippen molar-refractivity contribution < 1.29 is 54.5 Å². The van der Waals surface area contributed by atoms with Gasteiger partial charge in [-0.15, -0.1) is 0 Å². The summed E-state index contributed by atoms with van der Waals surface area (Å²) in [5.41, 5.74) is 0. The van der Waals surface area contributed by atoms with E-state index >= 15 is 0 Å². The van der Waals surface area contributed by atoms with Gasteiger partial charge >= 0.3 is 17.9 Å². The molecule has 6 N–H and O–H groups in total. The molecule has 0 fully saturated rings.